The molecule has 0 aliphatic carbocycles. The fraction of sp³-hybridized carbons (Fsp3) is 0.286. The Morgan fingerprint density at radius 1 is 1.82 bits per heavy atom. The van der Waals surface area contributed by atoms with Crippen LogP contribution in [0.3, 0.4) is 0 Å². The van der Waals surface area contributed by atoms with Crippen molar-refractivity contribution in [2.45, 2.75) is 0 Å². The Balaban J connectivity index is 2.70. The summed E-state index contributed by atoms with van der Waals surface area (Å²) in [6.07, 6.45) is 0. The van der Waals surface area contributed by atoms with Gasteiger partial charge in [0.05, 0.1) is 11.1 Å². The smallest absolute Gasteiger partial charge is 0.106 e. The Kier molecular flexibility index (Phi) is 2.92. The molecule has 0 fully saturated rings. The summed E-state index contributed by atoms with van der Waals surface area (Å²) in [6.45, 7) is 0.437. The van der Waals surface area contributed by atoms with Gasteiger partial charge in [0.2, 0.25) is 0 Å². The largest absolute Gasteiger partial charge is 0.353 e. The highest BCUT2D eigenvalue weighted by Crippen LogP contribution is 2.26. The van der Waals surface area contributed by atoms with Crippen molar-refractivity contribution in [3.05, 3.63) is 15.9 Å². The molecule has 0 aliphatic rings. The second-order valence-electron chi connectivity index (χ2n) is 2.12. The lowest BCUT2D eigenvalue weighted by atomic mass is 10.5. The number of nitriles is 1. The van der Waals surface area contributed by atoms with E-state index < -0.39 is 0 Å². The standard InChI is InChI=1S/C7H7BrN2S/c1-10(3-2-9)7-4-6(8)5-11-7/h4-5H,3H2,1H3. The van der Waals surface area contributed by atoms with E-state index in [1.165, 1.54) is 0 Å². The first-order valence-corrected chi connectivity index (χ1v) is 4.73. The van der Waals surface area contributed by atoms with E-state index in [-0.39, 0.29) is 0 Å². The first-order valence-electron chi connectivity index (χ1n) is 3.06. The summed E-state index contributed by atoms with van der Waals surface area (Å²) in [5.41, 5.74) is 0. The number of rotatable bonds is 2. The molecule has 1 rings (SSSR count). The van der Waals surface area contributed by atoms with Crippen LogP contribution in [0.25, 0.3) is 0 Å². The molecule has 0 spiro atoms. The van der Waals surface area contributed by atoms with Crippen LogP contribution in [0.5, 0.6) is 0 Å². The molecule has 4 heteroatoms. The summed E-state index contributed by atoms with van der Waals surface area (Å²) in [4.78, 5) is 1.91. The van der Waals surface area contributed by atoms with Gasteiger partial charge in [0.25, 0.3) is 0 Å². The molecule has 0 unspecified atom stereocenters. The summed E-state index contributed by atoms with van der Waals surface area (Å²) < 4.78 is 1.07. The Hall–Kier alpha value is -0.530. The molecule has 0 saturated carbocycles. The van der Waals surface area contributed by atoms with Crippen molar-refractivity contribution < 1.29 is 0 Å². The lowest BCUT2D eigenvalue weighted by Crippen LogP contribution is -2.15. The molecule has 1 aromatic heterocycles. The van der Waals surface area contributed by atoms with Crippen LogP contribution in [-0.2, 0) is 0 Å². The number of nitrogens with zero attached hydrogens (tertiary/aromatic N) is 2. The summed E-state index contributed by atoms with van der Waals surface area (Å²) in [6, 6.07) is 4.09. The summed E-state index contributed by atoms with van der Waals surface area (Å²) >= 11 is 4.98. The van der Waals surface area contributed by atoms with E-state index in [1.807, 2.05) is 23.4 Å². The van der Waals surface area contributed by atoms with Gasteiger partial charge in [-0.15, -0.1) is 11.3 Å². The average molecular weight is 231 g/mol. The second kappa shape index (κ2) is 3.74. The first kappa shape index (κ1) is 8.57. The summed E-state index contributed by atoms with van der Waals surface area (Å²) in [5.74, 6) is 0. The van der Waals surface area contributed by atoms with Gasteiger partial charge >= 0.3 is 0 Å². The lowest BCUT2D eigenvalue weighted by Gasteiger charge is -2.10. The highest BCUT2D eigenvalue weighted by atomic mass is 79.9. The van der Waals surface area contributed by atoms with Crippen molar-refractivity contribution in [2.24, 2.45) is 0 Å². The maximum absolute atomic E-state index is 8.41. The Bertz CT molecular complexity index is 276. The van der Waals surface area contributed by atoms with Gasteiger partial charge in [-0.05, 0) is 22.0 Å². The Labute approximate surface area is 78.2 Å². The number of thiophene rings is 1. The van der Waals surface area contributed by atoms with Crippen LogP contribution in [0.4, 0.5) is 5.00 Å². The van der Waals surface area contributed by atoms with Crippen LogP contribution in [0.15, 0.2) is 15.9 Å². The number of hydrogen-bond acceptors (Lipinski definition) is 3. The molecule has 58 valence electrons. The molecular weight excluding hydrogens is 224 g/mol. The fourth-order valence-electron chi connectivity index (χ4n) is 0.687. The number of halogens is 1. The zero-order valence-electron chi connectivity index (χ0n) is 6.04. The summed E-state index contributed by atoms with van der Waals surface area (Å²) in [5, 5.41) is 11.5. The lowest BCUT2D eigenvalue weighted by molar-refractivity contribution is 1.05. The first-order chi connectivity index (χ1) is 5.24. The van der Waals surface area contributed by atoms with Gasteiger partial charge in [-0.3, -0.25) is 0 Å². The van der Waals surface area contributed by atoms with Crippen LogP contribution >= 0.6 is 27.3 Å². The van der Waals surface area contributed by atoms with E-state index in [0.717, 1.165) is 9.47 Å². The molecule has 0 amide bonds. The van der Waals surface area contributed by atoms with Gasteiger partial charge in [-0.1, -0.05) is 0 Å². The second-order valence-corrected chi connectivity index (χ2v) is 3.92. The van der Waals surface area contributed by atoms with E-state index in [0.29, 0.717) is 6.54 Å². The maximum Gasteiger partial charge on any atom is 0.106 e. The van der Waals surface area contributed by atoms with Crippen LogP contribution in [-0.4, -0.2) is 13.6 Å². The third-order valence-electron chi connectivity index (χ3n) is 1.24. The molecule has 0 aromatic carbocycles. The third kappa shape index (κ3) is 2.21. The molecule has 2 nitrogen and oxygen atoms in total. The minimum atomic E-state index is 0.437. The van der Waals surface area contributed by atoms with E-state index in [1.54, 1.807) is 11.3 Å². The van der Waals surface area contributed by atoms with Crippen molar-refractivity contribution in [1.29, 1.82) is 5.26 Å². The SMILES string of the molecule is CN(CC#N)c1cc(Br)cs1. The van der Waals surface area contributed by atoms with Crippen LogP contribution < -0.4 is 4.90 Å². The van der Waals surface area contributed by atoms with E-state index in [2.05, 4.69) is 22.0 Å². The van der Waals surface area contributed by atoms with Gasteiger partial charge in [0, 0.05) is 16.9 Å². The van der Waals surface area contributed by atoms with Crippen molar-refractivity contribution in [2.75, 3.05) is 18.5 Å². The van der Waals surface area contributed by atoms with Gasteiger partial charge in [-0.2, -0.15) is 5.26 Å². The molecule has 1 aromatic rings. The molecule has 0 saturated heterocycles. The zero-order chi connectivity index (χ0) is 8.27. The van der Waals surface area contributed by atoms with E-state index >= 15 is 0 Å². The molecular formula is C7H7BrN2S. The monoisotopic (exact) mass is 230 g/mol. The molecule has 0 radical (unpaired) electrons. The highest BCUT2D eigenvalue weighted by molar-refractivity contribution is 9.10. The van der Waals surface area contributed by atoms with Crippen molar-refractivity contribution in [3.63, 3.8) is 0 Å². The van der Waals surface area contributed by atoms with Gasteiger partial charge in [0.15, 0.2) is 0 Å². The predicted octanol–water partition coefficient (Wildman–Crippen LogP) is 2.47. The Morgan fingerprint density at radius 2 is 2.55 bits per heavy atom. The quantitative estimate of drug-likeness (QED) is 0.731. The van der Waals surface area contributed by atoms with E-state index in [4.69, 9.17) is 5.26 Å². The minimum Gasteiger partial charge on any atom is -0.353 e. The topological polar surface area (TPSA) is 27.0 Å². The molecule has 0 aliphatic heterocycles. The third-order valence-corrected chi connectivity index (χ3v) is 3.04. The van der Waals surface area contributed by atoms with E-state index in [9.17, 15) is 0 Å². The fourth-order valence-corrected chi connectivity index (χ4v) is 2.08. The summed E-state index contributed by atoms with van der Waals surface area (Å²) in [7, 11) is 1.90. The number of anilines is 1. The normalized spacial score (nSPS) is 9.18. The van der Waals surface area contributed by atoms with Crippen LogP contribution in [0.1, 0.15) is 0 Å². The van der Waals surface area contributed by atoms with Crippen molar-refractivity contribution in [1.82, 2.24) is 0 Å². The van der Waals surface area contributed by atoms with Crippen molar-refractivity contribution in [3.8, 4) is 6.07 Å². The van der Waals surface area contributed by atoms with Crippen LogP contribution in [0.2, 0.25) is 0 Å². The zero-order valence-corrected chi connectivity index (χ0v) is 8.44. The molecule has 0 atom stereocenters. The molecule has 1 heterocycles. The van der Waals surface area contributed by atoms with Crippen LogP contribution in [0, 0.1) is 11.3 Å². The predicted molar refractivity (Wildman–Crippen MR) is 50.9 cm³/mol. The minimum absolute atomic E-state index is 0.437. The highest BCUT2D eigenvalue weighted by Gasteiger charge is 2.01. The van der Waals surface area contributed by atoms with Crippen molar-refractivity contribution >= 4 is 32.3 Å². The molecule has 11 heavy (non-hydrogen) atoms. The molecule has 0 bridgehead atoms. The Morgan fingerprint density at radius 3 is 3.00 bits per heavy atom. The van der Waals surface area contributed by atoms with Gasteiger partial charge < -0.3 is 4.90 Å². The maximum atomic E-state index is 8.41. The van der Waals surface area contributed by atoms with Gasteiger partial charge in [0.1, 0.15) is 6.54 Å². The van der Waals surface area contributed by atoms with Gasteiger partial charge in [-0.25, -0.2) is 0 Å². The number of hydrogen-bond donors (Lipinski definition) is 0. The molecule has 0 N–H and O–H groups in total. The average Bonchev–Trinajstić information content (AvgIpc) is 2.36.